The van der Waals surface area contributed by atoms with Crippen LogP contribution in [0.5, 0.6) is 0 Å². The Morgan fingerprint density at radius 2 is 0.670 bits per heavy atom. The van der Waals surface area contributed by atoms with E-state index in [1.54, 1.807) is 34.5 Å². The van der Waals surface area contributed by atoms with Gasteiger partial charge in [-0.1, -0.05) is 124 Å². The van der Waals surface area contributed by atoms with Crippen molar-refractivity contribution >= 4 is 119 Å². The van der Waals surface area contributed by atoms with Gasteiger partial charge in [-0.25, -0.2) is 0 Å². The van der Waals surface area contributed by atoms with Crippen LogP contribution in [0, 0.1) is 48.1 Å². The van der Waals surface area contributed by atoms with Gasteiger partial charge >= 0.3 is 33.7 Å². The highest BCUT2D eigenvalue weighted by molar-refractivity contribution is 7.12. The number of hydrogen-bond donors (Lipinski definition) is 0. The lowest BCUT2D eigenvalue weighted by molar-refractivity contribution is -0.385. The van der Waals surface area contributed by atoms with Crippen molar-refractivity contribution in [1.29, 1.82) is 0 Å². The minimum atomic E-state index is -0.545. The number of nitro groups is 3. The second-order valence-electron chi connectivity index (χ2n) is 26.7. The first-order valence-electron chi connectivity index (χ1n) is 34.8. The van der Waals surface area contributed by atoms with Gasteiger partial charge in [0.05, 0.1) is 46.0 Å². The molecule has 6 fully saturated rings. The van der Waals surface area contributed by atoms with Gasteiger partial charge in [-0.3, -0.25) is 59.1 Å². The number of thiophene rings is 3. The number of aryl methyl sites for hydroxylation is 1. The quantitative estimate of drug-likeness (QED) is 0.0643. The number of benzene rings is 3. The Morgan fingerprint density at radius 3 is 0.980 bits per heavy atom. The minimum absolute atomic E-state index is 0.0165. The average Bonchev–Trinajstić information content (AvgIpc) is 0.891. The molecule has 100 heavy (non-hydrogen) atoms. The highest BCUT2D eigenvalue weighted by atomic mass is 32.1. The van der Waals surface area contributed by atoms with Crippen LogP contribution in [0.25, 0.3) is 32.7 Å². The molecule has 24 nitrogen and oxygen atoms in total. The monoisotopic (exact) mass is 1410 g/mol. The number of carbonyl (C=O) groups is 3. The van der Waals surface area contributed by atoms with E-state index in [9.17, 15) is 59.1 Å². The van der Waals surface area contributed by atoms with E-state index in [1.807, 2.05) is 134 Å². The first kappa shape index (κ1) is 68.9. The summed E-state index contributed by atoms with van der Waals surface area (Å²) in [5.41, 5.74) is 0.692. The van der Waals surface area contributed by atoms with Crippen molar-refractivity contribution < 1.29 is 29.2 Å². The fourth-order valence-corrected chi connectivity index (χ4v) is 17.3. The molecular weight excluding hydrogens is 1330 g/mol. The molecule has 15 rings (SSSR count). The maximum Gasteiger partial charge on any atom is 0.357 e. The Morgan fingerprint density at radius 1 is 0.370 bits per heavy atom. The molecule has 3 saturated carbocycles. The van der Waals surface area contributed by atoms with Crippen LogP contribution in [0.1, 0.15) is 112 Å². The van der Waals surface area contributed by atoms with Crippen molar-refractivity contribution in [3.05, 3.63) is 201 Å². The number of rotatable bonds is 16. The van der Waals surface area contributed by atoms with Crippen molar-refractivity contribution in [3.63, 3.8) is 0 Å². The predicted octanol–water partition coefficient (Wildman–Crippen LogP) is 12.8. The van der Waals surface area contributed by atoms with E-state index in [0.29, 0.717) is 153 Å². The molecule has 3 aliphatic heterocycles. The third-order valence-electron chi connectivity index (χ3n) is 20.5. The van der Waals surface area contributed by atoms with Gasteiger partial charge in [0.1, 0.15) is 17.1 Å². The lowest BCUT2D eigenvalue weighted by Crippen LogP contribution is -2.49. The summed E-state index contributed by atoms with van der Waals surface area (Å²) in [4.78, 5) is 126. The highest BCUT2D eigenvalue weighted by Gasteiger charge is 2.38. The van der Waals surface area contributed by atoms with Crippen molar-refractivity contribution in [2.24, 2.45) is 17.8 Å². The zero-order valence-corrected chi connectivity index (χ0v) is 58.1. The minimum Gasteiger partial charge on any atom is -0.362 e. The molecule has 0 atom stereocenters. The van der Waals surface area contributed by atoms with Crippen LogP contribution < -0.4 is 31.4 Å². The number of carbonyl (C=O) groups excluding carboxylic acids is 3. The number of piperazine rings is 3. The normalized spacial score (nSPS) is 17.0. The largest absolute Gasteiger partial charge is 0.362 e. The van der Waals surface area contributed by atoms with Crippen molar-refractivity contribution in [3.8, 4) is 0 Å². The SMILES string of the molecule is O=C(c1cccs1)N1CCN(c2c([N+](=O)[O-])c(=O)n(CC3CC3)c3ccccc23)CC1.O=C(c1cccs1)N1CCN(c2c([N+](=O)[O-])c(=O)n(CC3CCCCC3)c3ccccc23)CC1.O=C(c1cccs1)N1CCN(c2c([N+](=O)[O-])c(=O)n(CCC3CCCCC3)c3ccccc23)CC1. The predicted molar refractivity (Wildman–Crippen MR) is 392 cm³/mol. The molecule has 6 aromatic heterocycles. The number of amides is 3. The molecular formula is C73H80N12O12S3. The van der Waals surface area contributed by atoms with Crippen LogP contribution in [-0.2, 0) is 19.6 Å². The van der Waals surface area contributed by atoms with E-state index in [-0.39, 0.29) is 34.8 Å². The Bertz CT molecular complexity index is 4670. The highest BCUT2D eigenvalue weighted by Crippen LogP contribution is 2.40. The second-order valence-corrected chi connectivity index (χ2v) is 29.6. The number of aromatic nitrogens is 3. The third kappa shape index (κ3) is 14.7. The van der Waals surface area contributed by atoms with Crippen LogP contribution in [0.3, 0.4) is 0 Å². The van der Waals surface area contributed by atoms with Crippen LogP contribution in [0.2, 0.25) is 0 Å². The van der Waals surface area contributed by atoms with Gasteiger partial charge in [0.25, 0.3) is 17.7 Å². The first-order valence-corrected chi connectivity index (χ1v) is 37.4. The standard InChI is InChI=1S/C26H30N4O4S.C25H28N4O4S.C22H22N4O4S/c31-25(22-11-6-18-35-22)28-16-14-27(15-17-28)23-20-9-4-5-10-21(20)29(26(32)24(23)30(33)34)13-12-19-7-2-1-3-8-19;30-24(21-11-6-16-34-21)27-14-12-26(13-15-27)22-19-9-4-5-10-20(19)28(25(31)23(22)29(32)33)17-18-7-2-1-3-8-18;27-21(18-6-3-13-31-18)24-11-9-23(10-12-24)19-16-4-1-2-5-17(16)25(14-15-7-8-15)22(28)20(19)26(29)30/h4-6,9-11,18-19H,1-3,7-8,12-17H2;4-6,9-11,16,18H,1-3,7-8,12-15,17H2;1-6,13,15H,7-12,14H2. The molecule has 3 aromatic carbocycles. The Labute approximate surface area is 588 Å². The number of fused-ring (bicyclic) bond motifs is 3. The van der Waals surface area contributed by atoms with Gasteiger partial charge in [0.2, 0.25) is 0 Å². The fourth-order valence-electron chi connectivity index (χ4n) is 15.2. The van der Waals surface area contributed by atoms with Gasteiger partial charge in [0, 0.05) is 114 Å². The van der Waals surface area contributed by atoms with Crippen molar-refractivity contribution in [2.45, 2.75) is 103 Å². The number of hydrogen-bond acceptors (Lipinski definition) is 18. The maximum atomic E-state index is 13.5. The number of para-hydroxylation sites is 3. The molecule has 6 aliphatic rings. The van der Waals surface area contributed by atoms with E-state index in [0.717, 1.165) is 72.3 Å². The molecule has 3 saturated heterocycles. The summed E-state index contributed by atoms with van der Waals surface area (Å²) >= 11 is 4.22. The summed E-state index contributed by atoms with van der Waals surface area (Å²) in [6.45, 7) is 6.87. The van der Waals surface area contributed by atoms with E-state index >= 15 is 0 Å². The molecule has 0 N–H and O–H groups in total. The van der Waals surface area contributed by atoms with Crippen LogP contribution in [0.15, 0.2) is 140 Å². The molecule has 3 aliphatic carbocycles. The first-order chi connectivity index (χ1) is 48.6. The number of pyridine rings is 3. The maximum absolute atomic E-state index is 13.5. The van der Waals surface area contributed by atoms with Gasteiger partial charge in [-0.15, -0.1) is 34.0 Å². The summed E-state index contributed by atoms with van der Waals surface area (Å²) in [6.07, 6.45) is 14.6. The van der Waals surface area contributed by atoms with Crippen molar-refractivity contribution in [1.82, 2.24) is 28.4 Å². The lowest BCUT2D eigenvalue weighted by Gasteiger charge is -2.36. The smallest absolute Gasteiger partial charge is 0.357 e. The van der Waals surface area contributed by atoms with Gasteiger partial charge in [-0.05, 0) is 102 Å². The number of nitrogens with zero attached hydrogens (tertiary/aromatic N) is 12. The summed E-state index contributed by atoms with van der Waals surface area (Å²) in [7, 11) is 0. The third-order valence-corrected chi connectivity index (χ3v) is 23.1. The van der Waals surface area contributed by atoms with Crippen LogP contribution in [0.4, 0.5) is 34.1 Å². The summed E-state index contributed by atoms with van der Waals surface area (Å²) < 4.78 is 4.82. The van der Waals surface area contributed by atoms with Crippen LogP contribution in [-0.4, -0.2) is 139 Å². The van der Waals surface area contributed by atoms with E-state index in [4.69, 9.17) is 0 Å². The van der Waals surface area contributed by atoms with Gasteiger partial charge < -0.3 is 43.1 Å². The van der Waals surface area contributed by atoms with Crippen LogP contribution >= 0.6 is 34.0 Å². The zero-order chi connectivity index (χ0) is 69.6. The Kier molecular flexibility index (Phi) is 21.3. The molecule has 9 aromatic rings. The summed E-state index contributed by atoms with van der Waals surface area (Å²) in [5, 5.41) is 44.2. The van der Waals surface area contributed by atoms with Gasteiger partial charge in [-0.2, -0.15) is 0 Å². The van der Waals surface area contributed by atoms with E-state index in [1.165, 1.54) is 72.5 Å². The molecule has 0 radical (unpaired) electrons. The Balaban J connectivity index is 0.000000135. The molecule has 3 amide bonds. The summed E-state index contributed by atoms with van der Waals surface area (Å²) in [5.74, 6) is 1.30. The Hall–Kier alpha value is -9.60. The second kappa shape index (κ2) is 30.9. The fraction of sp³-hybridized carbons (Fsp3) is 0.425. The summed E-state index contributed by atoms with van der Waals surface area (Å²) in [6, 6.07) is 33.4. The van der Waals surface area contributed by atoms with Crippen molar-refractivity contribution in [2.75, 3.05) is 93.2 Å². The molecule has 9 heterocycles. The molecule has 0 unspecified atom stereocenters. The van der Waals surface area contributed by atoms with E-state index in [2.05, 4.69) is 0 Å². The average molecular weight is 1410 g/mol. The molecule has 0 bridgehead atoms. The molecule has 27 heteroatoms. The zero-order valence-electron chi connectivity index (χ0n) is 55.6. The van der Waals surface area contributed by atoms with Gasteiger partial charge in [0.15, 0.2) is 0 Å². The lowest BCUT2D eigenvalue weighted by atomic mass is 9.87. The topological polar surface area (TPSA) is 266 Å². The molecule has 522 valence electrons. The van der Waals surface area contributed by atoms with E-state index < -0.39 is 31.4 Å². The molecule has 0 spiro atoms. The number of anilines is 3.